The third kappa shape index (κ3) is 7.24. The van der Waals surface area contributed by atoms with Crippen molar-refractivity contribution >= 4 is 17.3 Å². The van der Waals surface area contributed by atoms with Crippen molar-refractivity contribution in [1.29, 1.82) is 0 Å². The number of hydrogen-bond donors (Lipinski definition) is 0. The zero-order valence-electron chi connectivity index (χ0n) is 21.0. The third-order valence-electron chi connectivity index (χ3n) is 6.21. The van der Waals surface area contributed by atoms with Gasteiger partial charge in [-0.1, -0.05) is 18.1 Å². The van der Waals surface area contributed by atoms with Crippen LogP contribution in [0.5, 0.6) is 5.75 Å². The summed E-state index contributed by atoms with van der Waals surface area (Å²) in [6, 6.07) is 16.3. The van der Waals surface area contributed by atoms with Gasteiger partial charge < -0.3 is 19.4 Å². The average Bonchev–Trinajstić information content (AvgIpc) is 2.95. The smallest absolute Gasteiger partial charge is 0.416 e. The molecule has 1 aliphatic rings. The topological polar surface area (TPSA) is 67.3 Å². The molecule has 4 rings (SSSR count). The predicted molar refractivity (Wildman–Crippen MR) is 138 cm³/mol. The molecule has 0 saturated carbocycles. The van der Waals surface area contributed by atoms with Crippen LogP contribution >= 0.6 is 0 Å². The van der Waals surface area contributed by atoms with Gasteiger partial charge in [0, 0.05) is 44.3 Å². The van der Waals surface area contributed by atoms with Gasteiger partial charge >= 0.3 is 6.18 Å². The Morgan fingerprint density at radius 2 is 1.71 bits per heavy atom. The second-order valence-corrected chi connectivity index (χ2v) is 8.75. The van der Waals surface area contributed by atoms with Crippen LogP contribution in [0, 0.1) is 0 Å². The third-order valence-corrected chi connectivity index (χ3v) is 6.21. The Bertz CT molecular complexity index is 1230. The highest BCUT2D eigenvalue weighted by molar-refractivity contribution is 6.00. The van der Waals surface area contributed by atoms with E-state index in [-0.39, 0.29) is 12.5 Å². The van der Waals surface area contributed by atoms with Crippen LogP contribution < -0.4 is 9.64 Å². The standard InChI is InChI=1S/C28H29F3N4O3/c1-2-26(33-38-19-21-10-12-32-13-11-21)22-6-8-25(9-7-22)37-20-27(36)35-16-14-34(15-17-35)24-5-3-4-23(18-24)28(29,30)31/h3-13,18H,2,14-17,19-20H2,1H3. The van der Waals surface area contributed by atoms with Gasteiger partial charge in [-0.2, -0.15) is 13.2 Å². The number of carbonyl (C=O) groups is 1. The maximum absolute atomic E-state index is 13.0. The van der Waals surface area contributed by atoms with Crippen molar-refractivity contribution in [2.24, 2.45) is 5.16 Å². The fourth-order valence-electron chi connectivity index (χ4n) is 4.06. The molecule has 0 unspecified atom stereocenters. The van der Waals surface area contributed by atoms with Crippen molar-refractivity contribution in [2.75, 3.05) is 37.7 Å². The van der Waals surface area contributed by atoms with Gasteiger partial charge in [-0.25, -0.2) is 0 Å². The molecule has 2 aromatic carbocycles. The summed E-state index contributed by atoms with van der Waals surface area (Å²) in [4.78, 5) is 25.6. The second-order valence-electron chi connectivity index (χ2n) is 8.75. The number of alkyl halides is 3. The fraction of sp³-hybridized carbons (Fsp3) is 0.321. The first-order chi connectivity index (χ1) is 18.3. The number of amides is 1. The molecule has 1 amide bonds. The second kappa shape index (κ2) is 12.4. The number of oxime groups is 1. The van der Waals surface area contributed by atoms with Gasteiger partial charge in [0.2, 0.25) is 0 Å². The van der Waals surface area contributed by atoms with E-state index in [4.69, 9.17) is 9.57 Å². The van der Waals surface area contributed by atoms with E-state index in [1.54, 1.807) is 35.5 Å². The maximum Gasteiger partial charge on any atom is 0.416 e. The van der Waals surface area contributed by atoms with Crippen LogP contribution in [-0.2, 0) is 22.4 Å². The summed E-state index contributed by atoms with van der Waals surface area (Å²) < 4.78 is 44.7. The number of aromatic nitrogens is 1. The molecule has 2 heterocycles. The minimum Gasteiger partial charge on any atom is -0.484 e. The molecule has 0 radical (unpaired) electrons. The fourth-order valence-corrected chi connectivity index (χ4v) is 4.06. The molecule has 1 aliphatic heterocycles. The van der Waals surface area contributed by atoms with Crippen molar-refractivity contribution in [3.8, 4) is 5.75 Å². The number of rotatable bonds is 9. The first-order valence-corrected chi connectivity index (χ1v) is 12.3. The van der Waals surface area contributed by atoms with Gasteiger partial charge in [0.05, 0.1) is 11.3 Å². The van der Waals surface area contributed by atoms with E-state index in [1.165, 1.54) is 6.07 Å². The van der Waals surface area contributed by atoms with E-state index in [1.807, 2.05) is 36.1 Å². The predicted octanol–water partition coefficient (Wildman–Crippen LogP) is 5.16. The van der Waals surface area contributed by atoms with Crippen molar-refractivity contribution in [1.82, 2.24) is 9.88 Å². The van der Waals surface area contributed by atoms with E-state index >= 15 is 0 Å². The summed E-state index contributed by atoms with van der Waals surface area (Å²) in [7, 11) is 0. The molecular formula is C28H29F3N4O3. The van der Waals surface area contributed by atoms with E-state index in [2.05, 4.69) is 10.1 Å². The Hall–Kier alpha value is -4.08. The molecule has 38 heavy (non-hydrogen) atoms. The Morgan fingerprint density at radius 1 is 1.00 bits per heavy atom. The van der Waals surface area contributed by atoms with Crippen molar-refractivity contribution in [3.63, 3.8) is 0 Å². The summed E-state index contributed by atoms with van der Waals surface area (Å²) in [6.07, 6.45) is -0.301. The molecule has 0 atom stereocenters. The highest BCUT2D eigenvalue weighted by Crippen LogP contribution is 2.32. The number of pyridine rings is 1. The molecule has 3 aromatic rings. The van der Waals surface area contributed by atoms with Gasteiger partial charge in [-0.15, -0.1) is 0 Å². The SMILES string of the molecule is CCC(=NOCc1ccncc1)c1ccc(OCC(=O)N2CCN(c3cccc(C(F)(F)F)c3)CC2)cc1. The van der Waals surface area contributed by atoms with Crippen LogP contribution in [0.4, 0.5) is 18.9 Å². The van der Waals surface area contributed by atoms with Crippen molar-refractivity contribution < 1.29 is 27.5 Å². The number of carbonyl (C=O) groups excluding carboxylic acids is 1. The van der Waals surface area contributed by atoms with E-state index in [0.717, 1.165) is 29.0 Å². The van der Waals surface area contributed by atoms with Gasteiger partial charge in [-0.3, -0.25) is 9.78 Å². The number of nitrogens with zero attached hydrogens (tertiary/aromatic N) is 4. The van der Waals surface area contributed by atoms with Crippen LogP contribution in [0.2, 0.25) is 0 Å². The van der Waals surface area contributed by atoms with E-state index in [9.17, 15) is 18.0 Å². The first kappa shape index (κ1) is 27.0. The summed E-state index contributed by atoms with van der Waals surface area (Å²) in [5.41, 5.74) is 2.49. The van der Waals surface area contributed by atoms with Gasteiger partial charge in [0.1, 0.15) is 12.4 Å². The summed E-state index contributed by atoms with van der Waals surface area (Å²) in [5, 5.41) is 4.25. The zero-order chi connectivity index (χ0) is 27.0. The summed E-state index contributed by atoms with van der Waals surface area (Å²) >= 11 is 0. The van der Waals surface area contributed by atoms with E-state index < -0.39 is 11.7 Å². The lowest BCUT2D eigenvalue weighted by molar-refractivity contribution is -0.137. The Morgan fingerprint density at radius 3 is 2.37 bits per heavy atom. The lowest BCUT2D eigenvalue weighted by Crippen LogP contribution is -2.50. The molecule has 0 spiro atoms. The molecule has 1 fully saturated rings. The molecular weight excluding hydrogens is 497 g/mol. The Balaban J connectivity index is 1.24. The highest BCUT2D eigenvalue weighted by Gasteiger charge is 2.31. The van der Waals surface area contributed by atoms with Crippen molar-refractivity contribution in [3.05, 3.63) is 89.7 Å². The maximum atomic E-state index is 13.0. The Kier molecular flexibility index (Phi) is 8.83. The van der Waals surface area contributed by atoms with E-state index in [0.29, 0.717) is 50.6 Å². The van der Waals surface area contributed by atoms with Crippen LogP contribution in [0.3, 0.4) is 0 Å². The van der Waals surface area contributed by atoms with Gasteiger partial charge in [0.25, 0.3) is 5.91 Å². The minimum absolute atomic E-state index is 0.118. The lowest BCUT2D eigenvalue weighted by atomic mass is 10.1. The number of anilines is 1. The normalized spacial score (nSPS) is 14.4. The molecule has 10 heteroatoms. The summed E-state index contributed by atoms with van der Waals surface area (Å²) in [6.45, 7) is 3.94. The molecule has 1 aromatic heterocycles. The number of piperazine rings is 1. The first-order valence-electron chi connectivity index (χ1n) is 12.3. The molecule has 7 nitrogen and oxygen atoms in total. The van der Waals surface area contributed by atoms with Crippen LogP contribution in [-0.4, -0.2) is 54.3 Å². The largest absolute Gasteiger partial charge is 0.484 e. The zero-order valence-corrected chi connectivity index (χ0v) is 21.0. The number of ether oxygens (including phenoxy) is 1. The Labute approximate surface area is 219 Å². The average molecular weight is 527 g/mol. The van der Waals surface area contributed by atoms with Crippen LogP contribution in [0.15, 0.2) is 78.2 Å². The number of halogens is 3. The number of benzene rings is 2. The molecule has 0 bridgehead atoms. The highest BCUT2D eigenvalue weighted by atomic mass is 19.4. The van der Waals surface area contributed by atoms with Crippen LogP contribution in [0.1, 0.15) is 30.0 Å². The van der Waals surface area contributed by atoms with Crippen molar-refractivity contribution in [2.45, 2.75) is 26.1 Å². The van der Waals surface area contributed by atoms with Gasteiger partial charge in [-0.05, 0) is 72.1 Å². The van der Waals surface area contributed by atoms with Crippen LogP contribution in [0.25, 0.3) is 0 Å². The molecule has 0 N–H and O–H groups in total. The monoisotopic (exact) mass is 526 g/mol. The summed E-state index contributed by atoms with van der Waals surface area (Å²) in [5.74, 6) is 0.385. The lowest BCUT2D eigenvalue weighted by Gasteiger charge is -2.36. The molecule has 0 aliphatic carbocycles. The molecule has 1 saturated heterocycles. The minimum atomic E-state index is -4.39. The molecule has 200 valence electrons. The number of hydrogen-bond acceptors (Lipinski definition) is 6. The van der Waals surface area contributed by atoms with Gasteiger partial charge in [0.15, 0.2) is 6.61 Å². The quantitative estimate of drug-likeness (QED) is 0.285.